The zero-order chi connectivity index (χ0) is 25.5. The highest BCUT2D eigenvalue weighted by atomic mass is 19.4. The molecule has 0 fully saturated rings. The summed E-state index contributed by atoms with van der Waals surface area (Å²) in [4.78, 5) is 29.0. The Bertz CT molecular complexity index is 1310. The van der Waals surface area contributed by atoms with Crippen molar-refractivity contribution in [3.8, 4) is 11.4 Å². The topological polar surface area (TPSA) is 94.3 Å². The molecule has 1 atom stereocenters. The number of anilines is 1. The molecular weight excluding hydrogens is 475 g/mol. The Balaban J connectivity index is 1.44. The fourth-order valence-electron chi connectivity index (χ4n) is 3.40. The molecule has 7 nitrogen and oxygen atoms in total. The molecule has 1 amide bonds. The molecule has 36 heavy (non-hydrogen) atoms. The highest BCUT2D eigenvalue weighted by molar-refractivity contribution is 5.98. The zero-order valence-electron chi connectivity index (χ0n) is 18.7. The summed E-state index contributed by atoms with van der Waals surface area (Å²) in [6.07, 6.45) is -4.92. The van der Waals surface area contributed by atoms with E-state index in [1.165, 1.54) is 24.3 Å². The van der Waals surface area contributed by atoms with E-state index in [1.54, 1.807) is 30.3 Å². The van der Waals surface area contributed by atoms with Crippen molar-refractivity contribution in [2.75, 3.05) is 5.32 Å². The van der Waals surface area contributed by atoms with E-state index in [9.17, 15) is 22.8 Å². The van der Waals surface area contributed by atoms with Gasteiger partial charge in [0, 0.05) is 11.3 Å². The van der Waals surface area contributed by atoms with E-state index in [4.69, 9.17) is 4.74 Å². The first-order valence-electron chi connectivity index (χ1n) is 10.9. The normalized spacial score (nSPS) is 12.1. The van der Waals surface area contributed by atoms with Gasteiger partial charge in [0.15, 0.2) is 0 Å². The Morgan fingerprint density at radius 1 is 0.917 bits per heavy atom. The van der Waals surface area contributed by atoms with E-state index >= 15 is 0 Å². The Kier molecular flexibility index (Phi) is 7.43. The summed E-state index contributed by atoms with van der Waals surface area (Å²) in [5.41, 5.74) is 2.11. The molecule has 0 saturated carbocycles. The average molecular weight is 495 g/mol. The van der Waals surface area contributed by atoms with Crippen LogP contribution in [0.15, 0.2) is 89.5 Å². The largest absolute Gasteiger partial charge is 0.471 e. The number of carbonyl (C=O) groups excluding carboxylic acids is 2. The van der Waals surface area contributed by atoms with Crippen LogP contribution >= 0.6 is 0 Å². The van der Waals surface area contributed by atoms with Gasteiger partial charge < -0.3 is 14.6 Å². The van der Waals surface area contributed by atoms with E-state index in [2.05, 4.69) is 20.0 Å². The van der Waals surface area contributed by atoms with Crippen LogP contribution in [-0.2, 0) is 27.1 Å². The van der Waals surface area contributed by atoms with Gasteiger partial charge in [-0.05, 0) is 35.4 Å². The number of ether oxygens (including phenoxy) is 1. The van der Waals surface area contributed by atoms with Crippen LogP contribution in [0.5, 0.6) is 0 Å². The number of nitrogens with one attached hydrogen (secondary N) is 1. The molecule has 0 spiro atoms. The van der Waals surface area contributed by atoms with E-state index in [0.29, 0.717) is 11.3 Å². The van der Waals surface area contributed by atoms with Crippen LogP contribution in [0, 0.1) is 0 Å². The number of hydrogen-bond donors (Lipinski definition) is 1. The number of esters is 1. The highest BCUT2D eigenvalue weighted by Crippen LogP contribution is 2.30. The van der Waals surface area contributed by atoms with Crippen molar-refractivity contribution >= 4 is 17.6 Å². The highest BCUT2D eigenvalue weighted by Gasteiger charge is 2.38. The average Bonchev–Trinajstić information content (AvgIpc) is 3.39. The van der Waals surface area contributed by atoms with Crippen molar-refractivity contribution in [2.24, 2.45) is 0 Å². The Morgan fingerprint density at radius 3 is 2.17 bits per heavy atom. The lowest BCUT2D eigenvalue weighted by atomic mass is 9.94. The Labute approximate surface area is 203 Å². The van der Waals surface area contributed by atoms with Gasteiger partial charge in [-0.2, -0.15) is 18.2 Å². The summed E-state index contributed by atoms with van der Waals surface area (Å²) in [6.45, 7) is 0.0937. The summed E-state index contributed by atoms with van der Waals surface area (Å²) in [7, 11) is 0. The molecule has 0 aliphatic carbocycles. The number of amides is 1. The third-order valence-corrected chi connectivity index (χ3v) is 5.21. The number of benzene rings is 3. The maximum atomic E-state index is 13.1. The molecule has 1 unspecified atom stereocenters. The predicted octanol–water partition coefficient (Wildman–Crippen LogP) is 5.61. The van der Waals surface area contributed by atoms with Crippen LogP contribution < -0.4 is 5.32 Å². The third kappa shape index (κ3) is 6.35. The van der Waals surface area contributed by atoms with Crippen molar-refractivity contribution in [2.45, 2.75) is 25.1 Å². The molecule has 4 aromatic rings. The van der Waals surface area contributed by atoms with Crippen molar-refractivity contribution in [3.63, 3.8) is 0 Å². The summed E-state index contributed by atoms with van der Waals surface area (Å²) in [6, 6.07) is 23.9. The minimum absolute atomic E-state index is 0.0937. The minimum Gasteiger partial charge on any atom is -0.461 e. The van der Waals surface area contributed by atoms with E-state index in [1.807, 2.05) is 30.3 Å². The van der Waals surface area contributed by atoms with Crippen LogP contribution in [0.3, 0.4) is 0 Å². The fraction of sp³-hybridized carbons (Fsp3) is 0.154. The molecule has 1 aromatic heterocycles. The van der Waals surface area contributed by atoms with Crippen LogP contribution in [-0.4, -0.2) is 22.0 Å². The smallest absolute Gasteiger partial charge is 0.461 e. The molecule has 0 radical (unpaired) electrons. The van der Waals surface area contributed by atoms with Gasteiger partial charge >= 0.3 is 18.0 Å². The van der Waals surface area contributed by atoms with Crippen molar-refractivity contribution in [3.05, 3.63) is 102 Å². The van der Waals surface area contributed by atoms with Gasteiger partial charge in [0.2, 0.25) is 11.7 Å². The van der Waals surface area contributed by atoms with Crippen LogP contribution in [0.4, 0.5) is 18.9 Å². The van der Waals surface area contributed by atoms with Crippen molar-refractivity contribution in [1.82, 2.24) is 10.1 Å². The van der Waals surface area contributed by atoms with Gasteiger partial charge in [0.1, 0.15) is 6.61 Å². The molecule has 10 heteroatoms. The summed E-state index contributed by atoms with van der Waals surface area (Å²) in [5, 5.41) is 6.08. The van der Waals surface area contributed by atoms with Crippen LogP contribution in [0.1, 0.15) is 29.4 Å². The number of carbonyl (C=O) groups is 2. The number of halogens is 3. The number of nitrogens with zero attached hydrogens (tertiary/aromatic N) is 2. The van der Waals surface area contributed by atoms with E-state index in [-0.39, 0.29) is 24.4 Å². The van der Waals surface area contributed by atoms with E-state index in [0.717, 1.165) is 5.56 Å². The number of hydrogen-bond acceptors (Lipinski definition) is 6. The van der Waals surface area contributed by atoms with Crippen molar-refractivity contribution in [1.29, 1.82) is 0 Å². The van der Waals surface area contributed by atoms with Gasteiger partial charge in [-0.3, -0.25) is 9.59 Å². The lowest BCUT2D eigenvalue weighted by Crippen LogP contribution is -2.24. The van der Waals surface area contributed by atoms with Gasteiger partial charge in [-0.15, -0.1) is 0 Å². The lowest BCUT2D eigenvalue weighted by molar-refractivity contribution is -0.159. The number of aromatic nitrogens is 2. The first-order valence-corrected chi connectivity index (χ1v) is 10.9. The maximum absolute atomic E-state index is 13.1. The van der Waals surface area contributed by atoms with Gasteiger partial charge in [0.05, 0.1) is 12.3 Å². The molecule has 3 aromatic carbocycles. The SMILES string of the molecule is O=C(CC(C(=O)Nc1ccc(-c2noc(C(F)(F)F)n2)cc1)c1ccccc1)OCc1ccccc1. The minimum atomic E-state index is -4.74. The molecule has 0 bridgehead atoms. The van der Waals surface area contributed by atoms with Gasteiger partial charge in [-0.1, -0.05) is 65.8 Å². The van der Waals surface area contributed by atoms with Crippen molar-refractivity contribution < 1.29 is 32.0 Å². The van der Waals surface area contributed by atoms with E-state index < -0.39 is 29.9 Å². The molecular formula is C26H20F3N3O4. The standard InChI is InChI=1S/C26H20F3N3O4/c27-26(28,29)25-31-23(32-36-25)19-11-13-20(14-12-19)30-24(34)21(18-9-5-2-6-10-18)15-22(33)35-16-17-7-3-1-4-8-17/h1-14,21H,15-16H2,(H,30,34). The molecule has 0 aliphatic heterocycles. The van der Waals surface area contributed by atoms with Gasteiger partial charge in [-0.25, -0.2) is 0 Å². The van der Waals surface area contributed by atoms with Crippen LogP contribution in [0.2, 0.25) is 0 Å². The summed E-state index contributed by atoms with van der Waals surface area (Å²) < 4.78 is 47.7. The molecule has 1 heterocycles. The molecule has 0 aliphatic rings. The Hall–Kier alpha value is -4.47. The first-order chi connectivity index (χ1) is 17.3. The van der Waals surface area contributed by atoms with Crippen LogP contribution in [0.25, 0.3) is 11.4 Å². The second-order valence-corrected chi connectivity index (χ2v) is 7.80. The third-order valence-electron chi connectivity index (χ3n) is 5.21. The number of alkyl halides is 3. The Morgan fingerprint density at radius 2 is 1.56 bits per heavy atom. The lowest BCUT2D eigenvalue weighted by Gasteiger charge is -2.17. The molecule has 184 valence electrons. The summed E-state index contributed by atoms with van der Waals surface area (Å²) >= 11 is 0. The van der Waals surface area contributed by atoms with Gasteiger partial charge in [0.25, 0.3) is 0 Å². The second-order valence-electron chi connectivity index (χ2n) is 7.80. The first kappa shape index (κ1) is 24.6. The maximum Gasteiger partial charge on any atom is 0.471 e. The molecule has 4 rings (SSSR count). The zero-order valence-corrected chi connectivity index (χ0v) is 18.7. The molecule has 1 N–H and O–H groups in total. The predicted molar refractivity (Wildman–Crippen MR) is 123 cm³/mol. The molecule has 0 saturated heterocycles. The fourth-order valence-corrected chi connectivity index (χ4v) is 3.40. The second kappa shape index (κ2) is 10.9. The monoisotopic (exact) mass is 495 g/mol. The summed E-state index contributed by atoms with van der Waals surface area (Å²) in [5.74, 6) is -3.47. The number of rotatable bonds is 8. The quantitative estimate of drug-likeness (QED) is 0.319.